The Kier molecular flexibility index (Phi) is 4.62. The van der Waals surface area contributed by atoms with E-state index in [0.717, 1.165) is 25.2 Å². The lowest BCUT2D eigenvalue weighted by atomic mass is 10.2. The van der Waals surface area contributed by atoms with Crippen LogP contribution in [0.15, 0.2) is 45.9 Å². The number of carbonyl (C=O) groups excluding carboxylic acids is 1. The van der Waals surface area contributed by atoms with Gasteiger partial charge in [-0.2, -0.15) is 0 Å². The second kappa shape index (κ2) is 6.83. The molecule has 1 aliphatic heterocycles. The molecule has 0 aromatic carbocycles. The van der Waals surface area contributed by atoms with Crippen molar-refractivity contribution in [2.24, 2.45) is 0 Å². The Morgan fingerprint density at radius 2 is 1.96 bits per heavy atom. The summed E-state index contributed by atoms with van der Waals surface area (Å²) in [5, 5.41) is 0. The first kappa shape index (κ1) is 15.6. The van der Waals surface area contributed by atoms with Crippen molar-refractivity contribution >= 4 is 5.91 Å². The topological polar surface area (TPSA) is 58.7 Å². The Bertz CT molecular complexity index is 713. The van der Waals surface area contributed by atoms with E-state index >= 15 is 0 Å². The lowest BCUT2D eigenvalue weighted by molar-refractivity contribution is 0.0597. The third-order valence-electron chi connectivity index (χ3n) is 4.18. The Labute approximate surface area is 134 Å². The third-order valence-corrected chi connectivity index (χ3v) is 4.18. The monoisotopic (exact) mass is 315 g/mol. The summed E-state index contributed by atoms with van der Waals surface area (Å²) in [7, 11) is 0. The van der Waals surface area contributed by atoms with Crippen molar-refractivity contribution in [2.45, 2.75) is 20.0 Å². The van der Waals surface area contributed by atoms with Gasteiger partial charge in [0.1, 0.15) is 0 Å². The van der Waals surface area contributed by atoms with Gasteiger partial charge in [-0.1, -0.05) is 6.07 Å². The van der Waals surface area contributed by atoms with Gasteiger partial charge in [0, 0.05) is 51.5 Å². The fraction of sp³-hybridized carbons (Fsp3) is 0.412. The summed E-state index contributed by atoms with van der Waals surface area (Å²) in [4.78, 5) is 28.0. The summed E-state index contributed by atoms with van der Waals surface area (Å²) in [6.07, 6.45) is 3.44. The molecule has 2 aromatic rings. The molecule has 2 aromatic heterocycles. The standard InChI is InChI=1S/C17H21N3O3/c1-2-19-13-14(5-6-16(19)21)12-18-7-9-20(10-8-18)17(22)15-4-3-11-23-15/h3-6,11,13H,2,7-10,12H2,1H3. The number of pyridine rings is 1. The van der Waals surface area contributed by atoms with Gasteiger partial charge in [-0.15, -0.1) is 0 Å². The first-order valence-corrected chi connectivity index (χ1v) is 7.92. The van der Waals surface area contributed by atoms with Crippen molar-refractivity contribution in [3.63, 3.8) is 0 Å². The van der Waals surface area contributed by atoms with Crippen LogP contribution in [0.3, 0.4) is 0 Å². The summed E-state index contributed by atoms with van der Waals surface area (Å²) >= 11 is 0. The van der Waals surface area contributed by atoms with Gasteiger partial charge in [0.05, 0.1) is 6.26 Å². The molecule has 1 fully saturated rings. The highest BCUT2D eigenvalue weighted by Gasteiger charge is 2.23. The number of furan rings is 1. The largest absolute Gasteiger partial charge is 0.459 e. The van der Waals surface area contributed by atoms with Crippen molar-refractivity contribution in [1.82, 2.24) is 14.4 Å². The molecule has 0 aliphatic carbocycles. The number of carbonyl (C=O) groups is 1. The van der Waals surface area contributed by atoms with Crippen LogP contribution in [-0.2, 0) is 13.1 Å². The molecule has 0 spiro atoms. The van der Waals surface area contributed by atoms with E-state index < -0.39 is 0 Å². The Morgan fingerprint density at radius 1 is 1.17 bits per heavy atom. The minimum absolute atomic E-state index is 0.0325. The Morgan fingerprint density at radius 3 is 2.61 bits per heavy atom. The highest BCUT2D eigenvalue weighted by molar-refractivity contribution is 5.91. The maximum Gasteiger partial charge on any atom is 0.289 e. The summed E-state index contributed by atoms with van der Waals surface area (Å²) in [5.41, 5.74) is 1.15. The highest BCUT2D eigenvalue weighted by Crippen LogP contribution is 2.11. The fourth-order valence-corrected chi connectivity index (χ4v) is 2.84. The van der Waals surface area contributed by atoms with Crippen LogP contribution in [0.5, 0.6) is 0 Å². The van der Waals surface area contributed by atoms with E-state index in [1.807, 2.05) is 24.1 Å². The van der Waals surface area contributed by atoms with Gasteiger partial charge in [-0.05, 0) is 24.6 Å². The van der Waals surface area contributed by atoms with Crippen LogP contribution in [0.1, 0.15) is 23.0 Å². The Balaban J connectivity index is 1.57. The number of hydrogen-bond donors (Lipinski definition) is 0. The van der Waals surface area contributed by atoms with Crippen LogP contribution in [0, 0.1) is 0 Å². The molecule has 23 heavy (non-hydrogen) atoms. The molecule has 1 amide bonds. The summed E-state index contributed by atoms with van der Waals surface area (Å²) in [6.45, 7) is 6.45. The van der Waals surface area contributed by atoms with Gasteiger partial charge in [0.25, 0.3) is 11.5 Å². The summed E-state index contributed by atoms with van der Waals surface area (Å²) in [6, 6.07) is 6.93. The maximum absolute atomic E-state index is 12.2. The quantitative estimate of drug-likeness (QED) is 0.856. The molecule has 3 heterocycles. The number of aryl methyl sites for hydroxylation is 1. The number of rotatable bonds is 4. The molecule has 3 rings (SSSR count). The summed E-state index contributed by atoms with van der Waals surface area (Å²) in [5.74, 6) is 0.350. The van der Waals surface area contributed by atoms with E-state index in [1.54, 1.807) is 22.8 Å². The molecule has 0 atom stereocenters. The first-order valence-electron chi connectivity index (χ1n) is 7.92. The van der Waals surface area contributed by atoms with Crippen molar-refractivity contribution in [1.29, 1.82) is 0 Å². The van der Waals surface area contributed by atoms with E-state index in [4.69, 9.17) is 4.42 Å². The number of aromatic nitrogens is 1. The highest BCUT2D eigenvalue weighted by atomic mass is 16.3. The lowest BCUT2D eigenvalue weighted by Gasteiger charge is -2.34. The smallest absolute Gasteiger partial charge is 0.289 e. The van der Waals surface area contributed by atoms with E-state index in [2.05, 4.69) is 4.90 Å². The number of hydrogen-bond acceptors (Lipinski definition) is 4. The van der Waals surface area contributed by atoms with Crippen molar-refractivity contribution in [3.8, 4) is 0 Å². The van der Waals surface area contributed by atoms with Crippen LogP contribution >= 0.6 is 0 Å². The van der Waals surface area contributed by atoms with E-state index in [9.17, 15) is 9.59 Å². The number of amides is 1. The van der Waals surface area contributed by atoms with Crippen LogP contribution in [0.4, 0.5) is 0 Å². The predicted octanol–water partition coefficient (Wildman–Crippen LogP) is 1.42. The molecule has 1 aliphatic rings. The van der Waals surface area contributed by atoms with E-state index in [1.165, 1.54) is 6.26 Å². The Hall–Kier alpha value is -2.34. The van der Waals surface area contributed by atoms with Crippen LogP contribution in [0.2, 0.25) is 0 Å². The average Bonchev–Trinajstić information content (AvgIpc) is 3.11. The SMILES string of the molecule is CCn1cc(CN2CCN(C(=O)c3ccco3)CC2)ccc1=O. The number of piperazine rings is 1. The predicted molar refractivity (Wildman–Crippen MR) is 86.3 cm³/mol. The normalized spacial score (nSPS) is 15.8. The fourth-order valence-electron chi connectivity index (χ4n) is 2.84. The molecule has 0 radical (unpaired) electrons. The number of nitrogens with zero attached hydrogens (tertiary/aromatic N) is 3. The zero-order valence-corrected chi connectivity index (χ0v) is 13.3. The molecule has 0 bridgehead atoms. The molecule has 6 nitrogen and oxygen atoms in total. The molecular formula is C17H21N3O3. The van der Waals surface area contributed by atoms with Gasteiger partial charge in [0.15, 0.2) is 5.76 Å². The van der Waals surface area contributed by atoms with E-state index in [-0.39, 0.29) is 11.5 Å². The first-order chi connectivity index (χ1) is 11.2. The van der Waals surface area contributed by atoms with Crippen molar-refractivity contribution < 1.29 is 9.21 Å². The van der Waals surface area contributed by atoms with Crippen molar-refractivity contribution in [2.75, 3.05) is 26.2 Å². The third kappa shape index (κ3) is 3.53. The molecule has 1 saturated heterocycles. The molecule has 0 unspecified atom stereocenters. The minimum atomic E-state index is -0.0471. The zero-order chi connectivity index (χ0) is 16.2. The molecule has 6 heteroatoms. The summed E-state index contributed by atoms with van der Waals surface area (Å²) < 4.78 is 6.88. The molecular weight excluding hydrogens is 294 g/mol. The van der Waals surface area contributed by atoms with Gasteiger partial charge >= 0.3 is 0 Å². The molecule has 122 valence electrons. The van der Waals surface area contributed by atoms with Gasteiger partial charge in [0.2, 0.25) is 0 Å². The van der Waals surface area contributed by atoms with Crippen molar-refractivity contribution in [3.05, 3.63) is 58.4 Å². The lowest BCUT2D eigenvalue weighted by Crippen LogP contribution is -2.48. The van der Waals surface area contributed by atoms with Crippen LogP contribution in [-0.4, -0.2) is 46.5 Å². The molecule has 0 saturated carbocycles. The van der Waals surface area contributed by atoms with Gasteiger partial charge in [-0.25, -0.2) is 0 Å². The second-order valence-electron chi connectivity index (χ2n) is 5.71. The maximum atomic E-state index is 12.2. The second-order valence-corrected chi connectivity index (χ2v) is 5.71. The van der Waals surface area contributed by atoms with E-state index in [0.29, 0.717) is 25.4 Å². The molecule has 0 N–H and O–H groups in total. The average molecular weight is 315 g/mol. The van der Waals surface area contributed by atoms with Gasteiger partial charge in [-0.3, -0.25) is 14.5 Å². The van der Waals surface area contributed by atoms with Gasteiger partial charge < -0.3 is 13.9 Å². The van der Waals surface area contributed by atoms with Crippen LogP contribution in [0.25, 0.3) is 0 Å². The zero-order valence-electron chi connectivity index (χ0n) is 13.3. The minimum Gasteiger partial charge on any atom is -0.459 e. The van der Waals surface area contributed by atoms with Crippen LogP contribution < -0.4 is 5.56 Å².